The molecule has 3 aromatic carbocycles. The minimum atomic E-state index is -3.77. The number of sulfonamides is 1. The number of carbonyl (C=O) groups is 1. The fourth-order valence-electron chi connectivity index (χ4n) is 3.50. The lowest BCUT2D eigenvalue weighted by atomic mass is 10.2. The first kappa shape index (κ1) is 23.5. The molecule has 0 unspecified atom stereocenters. The Bertz CT molecular complexity index is 1520. The number of thiazole rings is 1. The largest absolute Gasteiger partial charge is 0.495 e. The maximum Gasteiger partial charge on any atom is 0.279 e. The Balaban J connectivity index is 1.68. The van der Waals surface area contributed by atoms with Crippen LogP contribution in [0.5, 0.6) is 5.75 Å². The van der Waals surface area contributed by atoms with Crippen LogP contribution in [0.3, 0.4) is 0 Å². The standard InChI is InChI=1S/C25H23N3O4S2/c1-4-17-28-23-21(32-3)11-8-12-22(23)33-25(28)26-24(29)18-13-15-20(16-14-18)34(30,31)27(2)19-9-6-5-7-10-19/h4-16H,1,17H2,2-3H3. The van der Waals surface area contributed by atoms with Gasteiger partial charge in [-0.2, -0.15) is 4.99 Å². The van der Waals surface area contributed by atoms with Gasteiger partial charge in [0.1, 0.15) is 11.3 Å². The molecule has 4 aromatic rings. The van der Waals surface area contributed by atoms with Crippen LogP contribution >= 0.6 is 11.3 Å². The van der Waals surface area contributed by atoms with E-state index in [4.69, 9.17) is 4.74 Å². The summed E-state index contributed by atoms with van der Waals surface area (Å²) in [7, 11) is -0.680. The third kappa shape index (κ3) is 4.40. The molecule has 1 amide bonds. The number of para-hydroxylation sites is 2. The van der Waals surface area contributed by atoms with Crippen molar-refractivity contribution >= 4 is 43.2 Å². The van der Waals surface area contributed by atoms with Crippen LogP contribution in [0.25, 0.3) is 10.2 Å². The summed E-state index contributed by atoms with van der Waals surface area (Å²) in [6, 6.07) is 20.3. The highest BCUT2D eigenvalue weighted by Crippen LogP contribution is 2.27. The first-order chi connectivity index (χ1) is 16.4. The van der Waals surface area contributed by atoms with Crippen LogP contribution in [0.1, 0.15) is 10.4 Å². The van der Waals surface area contributed by atoms with Crippen LogP contribution in [0.15, 0.2) is 95.3 Å². The molecule has 0 radical (unpaired) electrons. The van der Waals surface area contributed by atoms with Crippen LogP contribution in [0.4, 0.5) is 5.69 Å². The SMILES string of the molecule is C=CCn1c(=NC(=O)c2ccc(S(=O)(=O)N(C)c3ccccc3)cc2)sc2cccc(OC)c21. The summed E-state index contributed by atoms with van der Waals surface area (Å²) in [6.07, 6.45) is 1.73. The van der Waals surface area contributed by atoms with Gasteiger partial charge in [-0.1, -0.05) is 41.7 Å². The van der Waals surface area contributed by atoms with Gasteiger partial charge in [-0.25, -0.2) is 8.42 Å². The zero-order valence-electron chi connectivity index (χ0n) is 18.7. The van der Waals surface area contributed by atoms with E-state index in [2.05, 4.69) is 11.6 Å². The average molecular weight is 494 g/mol. The molecule has 0 atom stereocenters. The van der Waals surface area contributed by atoms with Crippen molar-refractivity contribution in [1.29, 1.82) is 0 Å². The number of rotatable bonds is 7. The second-order valence-electron chi connectivity index (χ2n) is 7.34. The number of hydrogen-bond donors (Lipinski definition) is 0. The highest BCUT2D eigenvalue weighted by Gasteiger charge is 2.21. The van der Waals surface area contributed by atoms with Gasteiger partial charge >= 0.3 is 0 Å². The number of anilines is 1. The molecule has 174 valence electrons. The summed E-state index contributed by atoms with van der Waals surface area (Å²) in [5.74, 6) is 0.213. The summed E-state index contributed by atoms with van der Waals surface area (Å²) >= 11 is 1.37. The summed E-state index contributed by atoms with van der Waals surface area (Å²) in [6.45, 7) is 4.25. The van der Waals surface area contributed by atoms with E-state index >= 15 is 0 Å². The second-order valence-corrected chi connectivity index (χ2v) is 10.3. The fraction of sp³-hybridized carbons (Fsp3) is 0.120. The number of benzene rings is 3. The quantitative estimate of drug-likeness (QED) is 0.356. The lowest BCUT2D eigenvalue weighted by Gasteiger charge is -2.19. The lowest BCUT2D eigenvalue weighted by molar-refractivity contribution is 0.0997. The van der Waals surface area contributed by atoms with Crippen LogP contribution in [0, 0.1) is 0 Å². The van der Waals surface area contributed by atoms with E-state index < -0.39 is 15.9 Å². The molecule has 34 heavy (non-hydrogen) atoms. The monoisotopic (exact) mass is 493 g/mol. The Hall–Kier alpha value is -3.69. The number of hydrogen-bond acceptors (Lipinski definition) is 5. The predicted molar refractivity (Wildman–Crippen MR) is 135 cm³/mol. The van der Waals surface area contributed by atoms with E-state index in [1.165, 1.54) is 47.0 Å². The number of allylic oxidation sites excluding steroid dienone is 1. The average Bonchev–Trinajstić information content (AvgIpc) is 3.21. The van der Waals surface area contributed by atoms with Crippen molar-refractivity contribution in [3.63, 3.8) is 0 Å². The van der Waals surface area contributed by atoms with E-state index in [-0.39, 0.29) is 10.5 Å². The number of nitrogens with zero attached hydrogens (tertiary/aromatic N) is 3. The number of aromatic nitrogens is 1. The Morgan fingerprint density at radius 1 is 1.09 bits per heavy atom. The molecule has 0 N–H and O–H groups in total. The maximum absolute atomic E-state index is 13.0. The van der Waals surface area contributed by atoms with Crippen LogP contribution in [-0.2, 0) is 16.6 Å². The third-order valence-corrected chi connectivity index (χ3v) is 8.12. The van der Waals surface area contributed by atoms with E-state index in [1.54, 1.807) is 37.5 Å². The Kier molecular flexibility index (Phi) is 6.67. The van der Waals surface area contributed by atoms with Gasteiger partial charge in [0.15, 0.2) is 4.80 Å². The van der Waals surface area contributed by atoms with Gasteiger partial charge in [0.2, 0.25) is 0 Å². The van der Waals surface area contributed by atoms with Crippen LogP contribution < -0.4 is 13.8 Å². The van der Waals surface area contributed by atoms with E-state index in [1.807, 2.05) is 28.8 Å². The summed E-state index contributed by atoms with van der Waals surface area (Å²) in [5.41, 5.74) is 1.67. The van der Waals surface area contributed by atoms with Crippen molar-refractivity contribution < 1.29 is 17.9 Å². The second kappa shape index (κ2) is 9.66. The molecule has 7 nitrogen and oxygen atoms in total. The number of ether oxygens (including phenoxy) is 1. The molecular formula is C25H23N3O4S2. The maximum atomic E-state index is 13.0. The number of fused-ring (bicyclic) bond motifs is 1. The molecule has 0 aliphatic heterocycles. The smallest absolute Gasteiger partial charge is 0.279 e. The first-order valence-electron chi connectivity index (χ1n) is 10.4. The van der Waals surface area contributed by atoms with Gasteiger partial charge in [-0.05, 0) is 48.5 Å². The molecule has 0 aliphatic rings. The van der Waals surface area contributed by atoms with Crippen molar-refractivity contribution in [2.24, 2.45) is 4.99 Å². The zero-order valence-corrected chi connectivity index (χ0v) is 20.3. The first-order valence-corrected chi connectivity index (χ1v) is 12.6. The van der Waals surface area contributed by atoms with Crippen molar-refractivity contribution in [2.45, 2.75) is 11.4 Å². The molecule has 0 fully saturated rings. The molecule has 1 heterocycles. The van der Waals surface area contributed by atoms with Crippen LogP contribution in [-0.4, -0.2) is 33.0 Å². The molecule has 9 heteroatoms. The Morgan fingerprint density at radius 2 is 1.79 bits per heavy atom. The molecule has 0 saturated heterocycles. The van der Waals surface area contributed by atoms with E-state index in [0.717, 1.165) is 10.2 Å². The van der Waals surface area contributed by atoms with Crippen molar-refractivity contribution in [1.82, 2.24) is 4.57 Å². The Morgan fingerprint density at radius 3 is 2.44 bits per heavy atom. The number of amides is 1. The molecule has 0 spiro atoms. The van der Waals surface area contributed by atoms with Gasteiger partial charge in [-0.15, -0.1) is 6.58 Å². The summed E-state index contributed by atoms with van der Waals surface area (Å²) in [4.78, 5) is 17.8. The Labute approximate surface area is 201 Å². The van der Waals surface area contributed by atoms with Gasteiger partial charge in [0.25, 0.3) is 15.9 Å². The summed E-state index contributed by atoms with van der Waals surface area (Å²) in [5, 5.41) is 0. The van der Waals surface area contributed by atoms with Gasteiger partial charge < -0.3 is 9.30 Å². The molecule has 0 saturated carbocycles. The molecule has 4 rings (SSSR count). The van der Waals surface area contributed by atoms with Crippen molar-refractivity contribution in [2.75, 3.05) is 18.5 Å². The van der Waals surface area contributed by atoms with E-state index in [9.17, 15) is 13.2 Å². The minimum absolute atomic E-state index is 0.0868. The molecule has 0 bridgehead atoms. The zero-order chi connectivity index (χ0) is 24.3. The fourth-order valence-corrected chi connectivity index (χ4v) is 5.75. The topological polar surface area (TPSA) is 81.0 Å². The van der Waals surface area contributed by atoms with Gasteiger partial charge in [0, 0.05) is 19.2 Å². The summed E-state index contributed by atoms with van der Waals surface area (Å²) < 4.78 is 35.4. The highest BCUT2D eigenvalue weighted by molar-refractivity contribution is 7.92. The highest BCUT2D eigenvalue weighted by atomic mass is 32.2. The third-order valence-electron chi connectivity index (χ3n) is 5.27. The predicted octanol–water partition coefficient (Wildman–Crippen LogP) is 4.46. The van der Waals surface area contributed by atoms with E-state index in [0.29, 0.717) is 22.8 Å². The van der Waals surface area contributed by atoms with Crippen molar-refractivity contribution in [3.05, 3.63) is 95.8 Å². The minimum Gasteiger partial charge on any atom is -0.495 e. The van der Waals surface area contributed by atoms with Gasteiger partial charge in [-0.3, -0.25) is 9.10 Å². The normalized spacial score (nSPS) is 12.0. The van der Waals surface area contributed by atoms with Gasteiger partial charge in [0.05, 0.1) is 22.4 Å². The number of carbonyl (C=O) groups excluding carboxylic acids is 1. The molecule has 1 aromatic heterocycles. The van der Waals surface area contributed by atoms with Crippen LogP contribution in [0.2, 0.25) is 0 Å². The molecule has 0 aliphatic carbocycles. The molecular weight excluding hydrogens is 470 g/mol. The van der Waals surface area contributed by atoms with Crippen molar-refractivity contribution in [3.8, 4) is 5.75 Å². The number of methoxy groups -OCH3 is 1. The lowest BCUT2D eigenvalue weighted by Crippen LogP contribution is -2.26.